The molecule has 22 heavy (non-hydrogen) atoms. The molecule has 0 aliphatic carbocycles. The van der Waals surface area contributed by atoms with E-state index in [-0.39, 0.29) is 6.61 Å². The SMILES string of the molecule is CCCCCCCCc1ccc(CCC(N)(CO)OC)cc1. The van der Waals surface area contributed by atoms with Crippen molar-refractivity contribution in [1.29, 1.82) is 0 Å². The summed E-state index contributed by atoms with van der Waals surface area (Å²) in [5.41, 5.74) is 7.65. The van der Waals surface area contributed by atoms with Gasteiger partial charge in [0.2, 0.25) is 0 Å². The number of ether oxygens (including phenoxy) is 1. The molecule has 0 heterocycles. The second-order valence-electron chi connectivity index (χ2n) is 6.26. The van der Waals surface area contributed by atoms with Gasteiger partial charge in [-0.05, 0) is 36.8 Å². The third kappa shape index (κ3) is 7.39. The first kappa shape index (κ1) is 19.1. The quantitative estimate of drug-likeness (QED) is 0.456. The van der Waals surface area contributed by atoms with Crippen molar-refractivity contribution in [2.45, 2.75) is 70.4 Å². The minimum absolute atomic E-state index is 0.153. The summed E-state index contributed by atoms with van der Waals surface area (Å²) in [6, 6.07) is 8.76. The molecule has 0 bridgehead atoms. The summed E-state index contributed by atoms with van der Waals surface area (Å²) < 4.78 is 5.15. The number of unbranched alkanes of at least 4 members (excludes halogenated alkanes) is 5. The van der Waals surface area contributed by atoms with Crippen molar-refractivity contribution in [3.63, 3.8) is 0 Å². The first-order valence-electron chi connectivity index (χ1n) is 8.66. The molecule has 3 nitrogen and oxygen atoms in total. The van der Waals surface area contributed by atoms with E-state index < -0.39 is 5.72 Å². The summed E-state index contributed by atoms with van der Waals surface area (Å²) in [6.45, 7) is 2.10. The third-order valence-corrected chi connectivity index (χ3v) is 4.35. The molecule has 126 valence electrons. The number of rotatable bonds is 12. The average molecular weight is 307 g/mol. The highest BCUT2D eigenvalue weighted by Crippen LogP contribution is 2.15. The van der Waals surface area contributed by atoms with Crippen LogP contribution in [-0.2, 0) is 17.6 Å². The molecule has 0 saturated heterocycles. The second kappa shape index (κ2) is 10.8. The maximum atomic E-state index is 9.23. The fourth-order valence-corrected chi connectivity index (χ4v) is 2.58. The summed E-state index contributed by atoms with van der Waals surface area (Å²) in [4.78, 5) is 0. The standard InChI is InChI=1S/C19H33NO2/c1-3-4-5-6-7-8-9-17-10-12-18(13-11-17)14-15-19(20,16-21)22-2/h10-13,21H,3-9,14-16,20H2,1-2H3. The smallest absolute Gasteiger partial charge is 0.139 e. The predicted molar refractivity (Wildman–Crippen MR) is 92.9 cm³/mol. The van der Waals surface area contributed by atoms with Gasteiger partial charge in [-0.15, -0.1) is 0 Å². The lowest BCUT2D eigenvalue weighted by Crippen LogP contribution is -2.45. The van der Waals surface area contributed by atoms with Gasteiger partial charge in [0.15, 0.2) is 0 Å². The fourth-order valence-electron chi connectivity index (χ4n) is 2.58. The van der Waals surface area contributed by atoms with Crippen LogP contribution in [0, 0.1) is 0 Å². The largest absolute Gasteiger partial charge is 0.392 e. The Morgan fingerprint density at radius 3 is 2.05 bits per heavy atom. The number of benzene rings is 1. The summed E-state index contributed by atoms with van der Waals surface area (Å²) in [6.07, 6.45) is 10.6. The molecule has 1 atom stereocenters. The van der Waals surface area contributed by atoms with Gasteiger partial charge in [-0.3, -0.25) is 0 Å². The summed E-state index contributed by atoms with van der Waals surface area (Å²) in [5, 5.41) is 9.23. The second-order valence-corrected chi connectivity index (χ2v) is 6.26. The van der Waals surface area contributed by atoms with Crippen molar-refractivity contribution < 1.29 is 9.84 Å². The number of hydrogen-bond acceptors (Lipinski definition) is 3. The monoisotopic (exact) mass is 307 g/mol. The van der Waals surface area contributed by atoms with Crippen molar-refractivity contribution >= 4 is 0 Å². The number of nitrogens with two attached hydrogens (primary N) is 1. The van der Waals surface area contributed by atoms with Crippen LogP contribution in [0.15, 0.2) is 24.3 Å². The number of aliphatic hydroxyl groups excluding tert-OH is 1. The van der Waals surface area contributed by atoms with Gasteiger partial charge < -0.3 is 15.6 Å². The molecular weight excluding hydrogens is 274 g/mol. The van der Waals surface area contributed by atoms with Crippen molar-refractivity contribution in [3.05, 3.63) is 35.4 Å². The van der Waals surface area contributed by atoms with Crippen LogP contribution >= 0.6 is 0 Å². The lowest BCUT2D eigenvalue weighted by molar-refractivity contribution is -0.0527. The highest BCUT2D eigenvalue weighted by Gasteiger charge is 2.22. The maximum Gasteiger partial charge on any atom is 0.139 e. The van der Waals surface area contributed by atoms with Crippen molar-refractivity contribution in [2.24, 2.45) is 5.73 Å². The van der Waals surface area contributed by atoms with E-state index in [1.54, 1.807) is 7.11 Å². The molecule has 0 amide bonds. The predicted octanol–water partition coefficient (Wildman–Crippen LogP) is 3.82. The molecule has 0 aliphatic heterocycles. The molecule has 0 aliphatic rings. The Hall–Kier alpha value is -0.900. The normalized spacial score (nSPS) is 14.0. The summed E-state index contributed by atoms with van der Waals surface area (Å²) in [5.74, 6) is 0. The zero-order valence-electron chi connectivity index (χ0n) is 14.3. The first-order chi connectivity index (χ1) is 10.6. The number of aryl methyl sites for hydroxylation is 2. The van der Waals surface area contributed by atoms with E-state index in [0.29, 0.717) is 6.42 Å². The third-order valence-electron chi connectivity index (χ3n) is 4.35. The van der Waals surface area contributed by atoms with Gasteiger partial charge in [-0.2, -0.15) is 0 Å². The molecule has 3 N–H and O–H groups in total. The Morgan fingerprint density at radius 1 is 0.955 bits per heavy atom. The molecule has 1 aromatic rings. The van der Waals surface area contributed by atoms with E-state index in [2.05, 4.69) is 31.2 Å². The van der Waals surface area contributed by atoms with Crippen LogP contribution in [0.2, 0.25) is 0 Å². The lowest BCUT2D eigenvalue weighted by Gasteiger charge is -2.25. The summed E-state index contributed by atoms with van der Waals surface area (Å²) in [7, 11) is 1.54. The Balaban J connectivity index is 2.28. The average Bonchev–Trinajstić information content (AvgIpc) is 2.57. The van der Waals surface area contributed by atoms with E-state index in [4.69, 9.17) is 10.5 Å². The van der Waals surface area contributed by atoms with Crippen LogP contribution in [0.3, 0.4) is 0 Å². The van der Waals surface area contributed by atoms with Gasteiger partial charge in [0.1, 0.15) is 5.72 Å². The number of hydrogen-bond donors (Lipinski definition) is 2. The Kier molecular flexibility index (Phi) is 9.37. The number of aliphatic hydroxyl groups is 1. The first-order valence-corrected chi connectivity index (χ1v) is 8.66. The van der Waals surface area contributed by atoms with E-state index in [1.807, 2.05) is 0 Å². The van der Waals surface area contributed by atoms with Crippen LogP contribution in [0.1, 0.15) is 63.0 Å². The van der Waals surface area contributed by atoms with E-state index >= 15 is 0 Å². The summed E-state index contributed by atoms with van der Waals surface area (Å²) >= 11 is 0. The van der Waals surface area contributed by atoms with Crippen LogP contribution < -0.4 is 5.73 Å². The highest BCUT2D eigenvalue weighted by molar-refractivity contribution is 5.23. The minimum Gasteiger partial charge on any atom is -0.392 e. The van der Waals surface area contributed by atoms with Gasteiger partial charge >= 0.3 is 0 Å². The van der Waals surface area contributed by atoms with E-state index in [9.17, 15) is 5.11 Å². The molecule has 0 saturated carbocycles. The minimum atomic E-state index is -0.919. The molecule has 1 aromatic carbocycles. The fraction of sp³-hybridized carbons (Fsp3) is 0.684. The Labute approximate surface area is 135 Å². The lowest BCUT2D eigenvalue weighted by atomic mass is 10.00. The van der Waals surface area contributed by atoms with Crippen LogP contribution in [0.5, 0.6) is 0 Å². The molecule has 0 radical (unpaired) electrons. The van der Waals surface area contributed by atoms with Gasteiger partial charge in [0.25, 0.3) is 0 Å². The Bertz CT molecular complexity index is 385. The van der Waals surface area contributed by atoms with Crippen molar-refractivity contribution in [3.8, 4) is 0 Å². The van der Waals surface area contributed by atoms with Gasteiger partial charge in [0, 0.05) is 7.11 Å². The molecule has 3 heteroatoms. The van der Waals surface area contributed by atoms with Crippen molar-refractivity contribution in [1.82, 2.24) is 0 Å². The van der Waals surface area contributed by atoms with Crippen LogP contribution in [0.4, 0.5) is 0 Å². The topological polar surface area (TPSA) is 55.5 Å². The Morgan fingerprint density at radius 2 is 1.50 bits per heavy atom. The van der Waals surface area contributed by atoms with E-state index in [0.717, 1.165) is 6.42 Å². The molecular formula is C19H33NO2. The zero-order valence-corrected chi connectivity index (χ0v) is 14.3. The molecule has 1 unspecified atom stereocenters. The molecule has 1 rings (SSSR count). The van der Waals surface area contributed by atoms with Gasteiger partial charge in [-0.1, -0.05) is 63.3 Å². The molecule has 0 aromatic heterocycles. The van der Waals surface area contributed by atoms with Gasteiger partial charge in [-0.25, -0.2) is 0 Å². The number of methoxy groups -OCH3 is 1. The highest BCUT2D eigenvalue weighted by atomic mass is 16.5. The van der Waals surface area contributed by atoms with Crippen LogP contribution in [-0.4, -0.2) is 24.5 Å². The molecule has 0 spiro atoms. The van der Waals surface area contributed by atoms with Crippen LogP contribution in [0.25, 0.3) is 0 Å². The maximum absolute atomic E-state index is 9.23. The van der Waals surface area contributed by atoms with Gasteiger partial charge in [0.05, 0.1) is 6.61 Å². The molecule has 0 fully saturated rings. The zero-order chi connectivity index (χ0) is 16.3. The van der Waals surface area contributed by atoms with Crippen molar-refractivity contribution in [2.75, 3.05) is 13.7 Å². The van der Waals surface area contributed by atoms with E-state index in [1.165, 1.54) is 56.1 Å².